The van der Waals surface area contributed by atoms with Crippen molar-refractivity contribution in [2.75, 3.05) is 23.8 Å². The van der Waals surface area contributed by atoms with Crippen molar-refractivity contribution >= 4 is 11.4 Å². The number of aliphatic hydroxyl groups is 6. The Morgan fingerprint density at radius 2 is 1.07 bits per heavy atom. The third-order valence-corrected chi connectivity index (χ3v) is 5.04. The van der Waals surface area contributed by atoms with Gasteiger partial charge in [0.25, 0.3) is 0 Å². The van der Waals surface area contributed by atoms with Crippen molar-refractivity contribution in [2.24, 2.45) is 0 Å². The fourth-order valence-electron chi connectivity index (χ4n) is 3.43. The maximum Gasteiger partial charge on any atom is 0.130 e. The predicted octanol–water partition coefficient (Wildman–Crippen LogP) is -1.83. The number of benzene rings is 1. The van der Waals surface area contributed by atoms with E-state index in [-0.39, 0.29) is 12.8 Å². The number of hydrogen-bond acceptors (Lipinski definition) is 10. The highest BCUT2D eigenvalue weighted by Crippen LogP contribution is 2.25. The van der Waals surface area contributed by atoms with Crippen LogP contribution in [-0.4, -0.2) is 92.9 Å². The number of rotatable bonds is 6. The number of nitrogens with one attached hydrogen (secondary N) is 2. The third-order valence-electron chi connectivity index (χ3n) is 5.04. The van der Waals surface area contributed by atoms with E-state index in [1.807, 2.05) is 0 Å². The minimum absolute atomic E-state index is 0.177. The molecule has 0 aliphatic carbocycles. The van der Waals surface area contributed by atoms with Gasteiger partial charge >= 0.3 is 0 Å². The van der Waals surface area contributed by atoms with Crippen LogP contribution in [0.15, 0.2) is 24.3 Å². The topological polar surface area (TPSA) is 164 Å². The Balaban J connectivity index is 1.55. The first kappa shape index (κ1) is 21.2. The SMILES string of the molecule is OC[C@@H]1O[C@@H](Nc2ccc(N[C@@H]3C[C@H](O)[C@H](O)[C@H](CO)O3)cc2)C[C@H](O)[C@@H]1O. The van der Waals surface area contributed by atoms with Crippen LogP contribution in [0.3, 0.4) is 0 Å². The zero-order valence-corrected chi connectivity index (χ0v) is 15.3. The molecule has 158 valence electrons. The summed E-state index contributed by atoms with van der Waals surface area (Å²) in [6.07, 6.45) is -6.70. The van der Waals surface area contributed by atoms with Gasteiger partial charge in [0, 0.05) is 24.2 Å². The molecule has 0 aromatic heterocycles. The molecular weight excluding hydrogens is 372 g/mol. The number of hydrogen-bond donors (Lipinski definition) is 8. The molecule has 28 heavy (non-hydrogen) atoms. The van der Waals surface area contributed by atoms with Gasteiger partial charge in [-0.05, 0) is 24.3 Å². The minimum atomic E-state index is -1.12. The molecule has 10 nitrogen and oxygen atoms in total. The van der Waals surface area contributed by atoms with Gasteiger partial charge in [-0.2, -0.15) is 0 Å². The molecule has 0 amide bonds. The van der Waals surface area contributed by atoms with Gasteiger partial charge in [0.1, 0.15) is 36.9 Å². The lowest BCUT2D eigenvalue weighted by molar-refractivity contribution is -0.172. The Hall–Kier alpha value is -1.50. The lowest BCUT2D eigenvalue weighted by Crippen LogP contribution is -2.51. The van der Waals surface area contributed by atoms with Crippen LogP contribution in [0.25, 0.3) is 0 Å². The molecule has 0 bridgehead atoms. The summed E-state index contributed by atoms with van der Waals surface area (Å²) in [7, 11) is 0. The fraction of sp³-hybridized carbons (Fsp3) is 0.667. The summed E-state index contributed by atoms with van der Waals surface area (Å²) in [5.74, 6) is 0. The van der Waals surface area contributed by atoms with Crippen molar-refractivity contribution in [3.63, 3.8) is 0 Å². The maximum atomic E-state index is 9.87. The van der Waals surface area contributed by atoms with E-state index in [9.17, 15) is 30.6 Å². The van der Waals surface area contributed by atoms with Crippen LogP contribution in [0, 0.1) is 0 Å². The van der Waals surface area contributed by atoms with E-state index in [4.69, 9.17) is 9.47 Å². The Morgan fingerprint density at radius 1 is 0.714 bits per heavy atom. The van der Waals surface area contributed by atoms with Crippen LogP contribution in [0.2, 0.25) is 0 Å². The Labute approximate surface area is 162 Å². The van der Waals surface area contributed by atoms with Gasteiger partial charge in [-0.25, -0.2) is 0 Å². The summed E-state index contributed by atoms with van der Waals surface area (Å²) < 4.78 is 11.1. The second-order valence-corrected chi connectivity index (χ2v) is 7.14. The van der Waals surface area contributed by atoms with Gasteiger partial charge in [-0.15, -0.1) is 0 Å². The summed E-state index contributed by atoms with van der Waals surface area (Å²) in [6.45, 7) is -0.786. The van der Waals surface area contributed by atoms with Crippen LogP contribution >= 0.6 is 0 Å². The monoisotopic (exact) mass is 400 g/mol. The van der Waals surface area contributed by atoms with Crippen LogP contribution in [0.5, 0.6) is 0 Å². The molecule has 0 spiro atoms. The Morgan fingerprint density at radius 3 is 1.39 bits per heavy atom. The van der Waals surface area contributed by atoms with E-state index in [1.54, 1.807) is 24.3 Å². The van der Waals surface area contributed by atoms with Crippen LogP contribution < -0.4 is 10.6 Å². The molecule has 2 saturated heterocycles. The molecule has 2 aliphatic rings. The zero-order chi connectivity index (χ0) is 20.3. The molecule has 3 rings (SSSR count). The highest BCUT2D eigenvalue weighted by molar-refractivity contribution is 5.54. The quantitative estimate of drug-likeness (QED) is 0.272. The molecule has 0 unspecified atom stereocenters. The number of ether oxygens (including phenoxy) is 2. The van der Waals surface area contributed by atoms with Crippen LogP contribution in [0.1, 0.15) is 12.8 Å². The predicted molar refractivity (Wildman–Crippen MR) is 98.4 cm³/mol. The van der Waals surface area contributed by atoms with Gasteiger partial charge in [0.05, 0.1) is 25.4 Å². The van der Waals surface area contributed by atoms with E-state index in [0.29, 0.717) is 11.4 Å². The number of aliphatic hydroxyl groups excluding tert-OH is 6. The molecule has 2 fully saturated rings. The first-order valence-electron chi connectivity index (χ1n) is 9.29. The summed E-state index contributed by atoms with van der Waals surface area (Å²) in [5.41, 5.74) is 1.42. The largest absolute Gasteiger partial charge is 0.394 e. The van der Waals surface area contributed by atoms with Gasteiger partial charge < -0.3 is 50.7 Å². The van der Waals surface area contributed by atoms with E-state index < -0.39 is 62.3 Å². The number of anilines is 2. The molecule has 0 saturated carbocycles. The highest BCUT2D eigenvalue weighted by atomic mass is 16.5. The normalized spacial score (nSPS) is 38.8. The first-order chi connectivity index (χ1) is 13.4. The van der Waals surface area contributed by atoms with Crippen molar-refractivity contribution in [3.05, 3.63) is 24.3 Å². The van der Waals surface area contributed by atoms with Crippen molar-refractivity contribution in [1.29, 1.82) is 0 Å². The van der Waals surface area contributed by atoms with E-state index in [1.165, 1.54) is 0 Å². The second-order valence-electron chi connectivity index (χ2n) is 7.14. The van der Waals surface area contributed by atoms with Crippen molar-refractivity contribution in [2.45, 2.75) is 61.9 Å². The smallest absolute Gasteiger partial charge is 0.130 e. The average molecular weight is 400 g/mol. The van der Waals surface area contributed by atoms with Crippen molar-refractivity contribution in [1.82, 2.24) is 0 Å². The zero-order valence-electron chi connectivity index (χ0n) is 15.3. The van der Waals surface area contributed by atoms with Crippen LogP contribution in [0.4, 0.5) is 11.4 Å². The van der Waals surface area contributed by atoms with Crippen LogP contribution in [-0.2, 0) is 9.47 Å². The summed E-state index contributed by atoms with van der Waals surface area (Å²) in [5, 5.41) is 63.9. The molecule has 1 aromatic carbocycles. The standard InChI is InChI=1S/C18H28N2O8/c21-7-13-17(25)11(23)5-15(27-13)19-9-1-2-10(4-3-9)20-16-6-12(24)18(26)14(8-22)28-16/h1-4,11-26H,5-8H2/t11-,12-,13-,14-,15-,16+,17-,18-/m0/s1. The lowest BCUT2D eigenvalue weighted by Gasteiger charge is -2.37. The van der Waals surface area contributed by atoms with Crippen molar-refractivity contribution < 1.29 is 40.1 Å². The van der Waals surface area contributed by atoms with Crippen molar-refractivity contribution in [3.8, 4) is 0 Å². The molecule has 10 heteroatoms. The molecule has 1 aromatic rings. The highest BCUT2D eigenvalue weighted by Gasteiger charge is 2.37. The summed E-state index contributed by atoms with van der Waals surface area (Å²) in [4.78, 5) is 0. The third kappa shape index (κ3) is 4.91. The molecule has 8 N–H and O–H groups in total. The maximum absolute atomic E-state index is 9.87. The minimum Gasteiger partial charge on any atom is -0.394 e. The fourth-order valence-corrected chi connectivity index (χ4v) is 3.43. The molecular formula is C18H28N2O8. The van der Waals surface area contributed by atoms with E-state index in [0.717, 1.165) is 0 Å². The van der Waals surface area contributed by atoms with Gasteiger partial charge in [-0.1, -0.05) is 0 Å². The molecule has 0 radical (unpaired) electrons. The molecule has 8 atom stereocenters. The second kappa shape index (κ2) is 9.33. The molecule has 2 heterocycles. The summed E-state index contributed by atoms with van der Waals surface area (Å²) >= 11 is 0. The Kier molecular flexibility index (Phi) is 7.07. The van der Waals surface area contributed by atoms with E-state index >= 15 is 0 Å². The van der Waals surface area contributed by atoms with Gasteiger partial charge in [-0.3, -0.25) is 0 Å². The average Bonchev–Trinajstić information content (AvgIpc) is 2.68. The van der Waals surface area contributed by atoms with Gasteiger partial charge in [0.15, 0.2) is 0 Å². The molecule has 2 aliphatic heterocycles. The Bertz CT molecular complexity index is 565. The van der Waals surface area contributed by atoms with E-state index in [2.05, 4.69) is 10.6 Å². The van der Waals surface area contributed by atoms with Gasteiger partial charge in [0.2, 0.25) is 0 Å². The first-order valence-corrected chi connectivity index (χ1v) is 9.29. The summed E-state index contributed by atoms with van der Waals surface area (Å²) in [6, 6.07) is 7.09. The lowest BCUT2D eigenvalue weighted by atomic mass is 10.0.